The van der Waals surface area contributed by atoms with Crippen LogP contribution in [0.25, 0.3) is 0 Å². The molecule has 0 saturated heterocycles. The highest BCUT2D eigenvalue weighted by molar-refractivity contribution is 6.43. The van der Waals surface area contributed by atoms with Crippen molar-refractivity contribution >= 4 is 11.7 Å². The monoisotopic (exact) mass is 248 g/mol. The number of carbonyl (C=O) groups excluding carboxylic acids is 1. The Hall–Kier alpha value is -1.68. The van der Waals surface area contributed by atoms with E-state index >= 15 is 0 Å². The molecule has 0 bridgehead atoms. The van der Waals surface area contributed by atoms with Crippen LogP contribution in [0.3, 0.4) is 0 Å². The summed E-state index contributed by atoms with van der Waals surface area (Å²) in [5, 5.41) is 3.10. The molecule has 98 valence electrons. The maximum Gasteiger partial charge on any atom is 0.357 e. The van der Waals surface area contributed by atoms with Gasteiger partial charge in [0.2, 0.25) is 0 Å². The second-order valence-corrected chi connectivity index (χ2v) is 3.80. The van der Waals surface area contributed by atoms with E-state index in [2.05, 4.69) is 10.3 Å². The maximum absolute atomic E-state index is 11.8. The van der Waals surface area contributed by atoms with Gasteiger partial charge in [0.25, 0.3) is 0 Å². The van der Waals surface area contributed by atoms with Crippen LogP contribution >= 0.6 is 0 Å². The third-order valence-electron chi connectivity index (χ3n) is 2.61. The number of likely N-dealkylation sites (N-methyl/N-ethyl adjacent to an activating group) is 1. The van der Waals surface area contributed by atoms with E-state index in [4.69, 9.17) is 4.74 Å². The van der Waals surface area contributed by atoms with Crippen molar-refractivity contribution in [2.75, 3.05) is 27.2 Å². The van der Waals surface area contributed by atoms with Crippen LogP contribution in [0.5, 0.6) is 0 Å². The van der Waals surface area contributed by atoms with Crippen LogP contribution in [0.15, 0.2) is 29.3 Å². The highest BCUT2D eigenvalue weighted by atomic mass is 16.5. The molecule has 4 nitrogen and oxygen atoms in total. The number of rotatable bonds is 6. The molecule has 0 amide bonds. The van der Waals surface area contributed by atoms with E-state index in [1.807, 2.05) is 31.3 Å². The van der Waals surface area contributed by atoms with Crippen molar-refractivity contribution in [1.29, 1.82) is 0 Å². The van der Waals surface area contributed by atoms with Crippen molar-refractivity contribution < 1.29 is 9.53 Å². The lowest BCUT2D eigenvalue weighted by molar-refractivity contribution is -0.134. The van der Waals surface area contributed by atoms with Crippen LogP contribution in [0, 0.1) is 0 Å². The molecule has 0 fully saturated rings. The molecule has 18 heavy (non-hydrogen) atoms. The molecule has 1 N–H and O–H groups in total. The number of hydrogen-bond donors (Lipinski definition) is 1. The van der Waals surface area contributed by atoms with Crippen molar-refractivity contribution in [3.05, 3.63) is 35.4 Å². The molecule has 1 aromatic carbocycles. The fourth-order valence-electron chi connectivity index (χ4n) is 1.75. The summed E-state index contributed by atoms with van der Waals surface area (Å²) >= 11 is 0. The van der Waals surface area contributed by atoms with E-state index in [1.54, 1.807) is 14.0 Å². The standard InChI is InChI=1S/C14H20N2O2/c1-4-18-14(17)13(16-3)12-8-6-5-7-11(12)9-10-15-2/h5-8,15H,4,9-10H2,1-3H3. The van der Waals surface area contributed by atoms with Crippen molar-refractivity contribution in [1.82, 2.24) is 5.32 Å². The molecule has 1 rings (SSSR count). The van der Waals surface area contributed by atoms with Crippen LogP contribution in [0.1, 0.15) is 18.1 Å². The van der Waals surface area contributed by atoms with Gasteiger partial charge in [0.1, 0.15) is 5.71 Å². The SMILES string of the molecule is CCOC(=O)C(=NC)c1ccccc1CCNC. The number of nitrogens with one attached hydrogen (secondary N) is 1. The number of aliphatic imine (C=N–C) groups is 1. The first-order valence-electron chi connectivity index (χ1n) is 6.11. The smallest absolute Gasteiger partial charge is 0.357 e. The number of benzene rings is 1. The zero-order valence-electron chi connectivity index (χ0n) is 11.2. The number of nitrogens with zero attached hydrogens (tertiary/aromatic N) is 1. The van der Waals surface area contributed by atoms with Gasteiger partial charge in [-0.15, -0.1) is 0 Å². The first kappa shape index (κ1) is 14.4. The van der Waals surface area contributed by atoms with Crippen LogP contribution in [-0.2, 0) is 16.0 Å². The summed E-state index contributed by atoms with van der Waals surface area (Å²) < 4.78 is 5.02. The molecule has 0 atom stereocenters. The van der Waals surface area contributed by atoms with Gasteiger partial charge >= 0.3 is 5.97 Å². The fraction of sp³-hybridized carbons (Fsp3) is 0.429. The van der Waals surface area contributed by atoms with Crippen molar-refractivity contribution in [3.63, 3.8) is 0 Å². The van der Waals surface area contributed by atoms with Gasteiger partial charge in [-0.3, -0.25) is 4.99 Å². The van der Waals surface area contributed by atoms with Crippen LogP contribution < -0.4 is 5.32 Å². The van der Waals surface area contributed by atoms with E-state index in [0.29, 0.717) is 12.3 Å². The molecule has 0 radical (unpaired) electrons. The minimum atomic E-state index is -0.364. The second kappa shape index (κ2) is 7.61. The molecule has 0 heterocycles. The van der Waals surface area contributed by atoms with Gasteiger partial charge in [-0.25, -0.2) is 4.79 Å². The Balaban J connectivity index is 3.02. The van der Waals surface area contributed by atoms with Gasteiger partial charge in [-0.1, -0.05) is 24.3 Å². The minimum absolute atomic E-state index is 0.358. The predicted octanol–water partition coefficient (Wildman–Crippen LogP) is 1.43. The third-order valence-corrected chi connectivity index (χ3v) is 2.61. The average molecular weight is 248 g/mol. The quantitative estimate of drug-likeness (QED) is 0.612. The molecule has 0 unspecified atom stereocenters. The molecule has 0 saturated carbocycles. The molecule has 0 aliphatic heterocycles. The highest BCUT2D eigenvalue weighted by Crippen LogP contribution is 2.12. The van der Waals surface area contributed by atoms with Crippen molar-refractivity contribution in [3.8, 4) is 0 Å². The number of esters is 1. The van der Waals surface area contributed by atoms with E-state index in [-0.39, 0.29) is 5.97 Å². The topological polar surface area (TPSA) is 50.7 Å². The zero-order valence-corrected chi connectivity index (χ0v) is 11.2. The van der Waals surface area contributed by atoms with Gasteiger partial charge in [0.15, 0.2) is 0 Å². The summed E-state index contributed by atoms with van der Waals surface area (Å²) in [5.74, 6) is -0.364. The summed E-state index contributed by atoms with van der Waals surface area (Å²) in [6, 6.07) is 7.79. The summed E-state index contributed by atoms with van der Waals surface area (Å²) in [4.78, 5) is 15.9. The first-order valence-corrected chi connectivity index (χ1v) is 6.11. The Morgan fingerprint density at radius 2 is 2.11 bits per heavy atom. The lowest BCUT2D eigenvalue weighted by Crippen LogP contribution is -2.21. The number of carbonyl (C=O) groups is 1. The predicted molar refractivity (Wildman–Crippen MR) is 73.2 cm³/mol. The highest BCUT2D eigenvalue weighted by Gasteiger charge is 2.17. The van der Waals surface area contributed by atoms with Gasteiger partial charge in [-0.2, -0.15) is 0 Å². The average Bonchev–Trinajstić information content (AvgIpc) is 2.39. The Labute approximate surface area is 108 Å². The Morgan fingerprint density at radius 1 is 1.39 bits per heavy atom. The van der Waals surface area contributed by atoms with E-state index < -0.39 is 0 Å². The second-order valence-electron chi connectivity index (χ2n) is 3.80. The molecular weight excluding hydrogens is 228 g/mol. The van der Waals surface area contributed by atoms with Gasteiger partial charge in [0.05, 0.1) is 6.61 Å². The van der Waals surface area contributed by atoms with E-state index in [0.717, 1.165) is 24.1 Å². The Bertz CT molecular complexity index is 428. The number of hydrogen-bond acceptors (Lipinski definition) is 4. The van der Waals surface area contributed by atoms with Crippen molar-refractivity contribution in [2.24, 2.45) is 4.99 Å². The van der Waals surface area contributed by atoms with E-state index in [1.165, 1.54) is 0 Å². The van der Waals surface area contributed by atoms with Crippen molar-refractivity contribution in [2.45, 2.75) is 13.3 Å². The minimum Gasteiger partial charge on any atom is -0.461 e. The molecule has 0 aliphatic rings. The lowest BCUT2D eigenvalue weighted by Gasteiger charge is -2.10. The van der Waals surface area contributed by atoms with Gasteiger partial charge in [0, 0.05) is 12.6 Å². The Morgan fingerprint density at radius 3 is 2.72 bits per heavy atom. The van der Waals surface area contributed by atoms with Crippen LogP contribution in [0.4, 0.5) is 0 Å². The largest absolute Gasteiger partial charge is 0.461 e. The van der Waals surface area contributed by atoms with Crippen LogP contribution in [0.2, 0.25) is 0 Å². The normalized spacial score (nSPS) is 11.4. The summed E-state index contributed by atoms with van der Waals surface area (Å²) in [6.45, 7) is 3.01. The summed E-state index contributed by atoms with van der Waals surface area (Å²) in [5.41, 5.74) is 2.35. The van der Waals surface area contributed by atoms with Gasteiger partial charge in [-0.05, 0) is 32.5 Å². The zero-order chi connectivity index (χ0) is 13.4. The first-order chi connectivity index (χ1) is 8.74. The number of ether oxygens (including phenoxy) is 1. The molecule has 4 heteroatoms. The summed E-state index contributed by atoms with van der Waals surface area (Å²) in [6.07, 6.45) is 0.852. The molecule has 1 aromatic rings. The fourth-order valence-corrected chi connectivity index (χ4v) is 1.75. The van der Waals surface area contributed by atoms with Gasteiger partial charge < -0.3 is 10.1 Å². The molecule has 0 aromatic heterocycles. The Kier molecular flexibility index (Phi) is 6.08. The molecule has 0 aliphatic carbocycles. The summed E-state index contributed by atoms with van der Waals surface area (Å²) in [7, 11) is 3.52. The maximum atomic E-state index is 11.8. The third kappa shape index (κ3) is 3.67. The lowest BCUT2D eigenvalue weighted by atomic mass is 10.0. The van der Waals surface area contributed by atoms with Crippen LogP contribution in [-0.4, -0.2) is 38.9 Å². The molecular formula is C14H20N2O2. The molecule has 0 spiro atoms. The van der Waals surface area contributed by atoms with E-state index in [9.17, 15) is 4.79 Å².